The summed E-state index contributed by atoms with van der Waals surface area (Å²) in [7, 11) is 0. The molecule has 0 bridgehead atoms. The monoisotopic (exact) mass is 850 g/mol. The van der Waals surface area contributed by atoms with Crippen LogP contribution in [0.25, 0.3) is 11.1 Å². The molecule has 322 valence electrons. The summed E-state index contributed by atoms with van der Waals surface area (Å²) < 4.78 is 179. The molecule has 0 saturated carbocycles. The molecule has 0 radical (unpaired) electrons. The van der Waals surface area contributed by atoms with Gasteiger partial charge in [-0.15, -0.1) is 0 Å². The highest BCUT2D eigenvalue weighted by atomic mass is 19.4. The van der Waals surface area contributed by atoms with Crippen molar-refractivity contribution >= 4 is 0 Å². The minimum atomic E-state index is -5.41. The van der Waals surface area contributed by atoms with Gasteiger partial charge < -0.3 is 0 Å². The number of halogens is 12. The first-order valence-electron chi connectivity index (χ1n) is 19.4. The molecule has 0 fully saturated rings. The van der Waals surface area contributed by atoms with E-state index in [4.69, 9.17) is 0 Å². The maximum absolute atomic E-state index is 14.9. The molecular formula is C48H46F12. The number of fused-ring (bicyclic) bond motifs is 3. The van der Waals surface area contributed by atoms with Crippen LogP contribution in [0, 0.1) is 5.41 Å². The number of benzene rings is 4. The molecule has 2 aliphatic rings. The molecule has 4 aromatic carbocycles. The van der Waals surface area contributed by atoms with E-state index < -0.39 is 85.7 Å². The second-order valence-corrected chi connectivity index (χ2v) is 19.2. The Morgan fingerprint density at radius 1 is 0.400 bits per heavy atom. The Kier molecular flexibility index (Phi) is 10.5. The maximum Gasteiger partial charge on any atom is 0.416 e. The molecule has 0 heterocycles. The average molecular weight is 851 g/mol. The van der Waals surface area contributed by atoms with E-state index >= 15 is 0 Å². The van der Waals surface area contributed by atoms with E-state index in [1.165, 1.54) is 0 Å². The van der Waals surface area contributed by atoms with Crippen LogP contribution in [0.15, 0.2) is 95.6 Å². The number of hydrogen-bond acceptors (Lipinski definition) is 0. The lowest BCUT2D eigenvalue weighted by atomic mass is 9.57. The Morgan fingerprint density at radius 2 is 0.717 bits per heavy atom. The van der Waals surface area contributed by atoms with Crippen molar-refractivity contribution in [3.05, 3.63) is 151 Å². The minimum Gasteiger partial charge on any atom is -0.166 e. The highest BCUT2D eigenvalue weighted by Gasteiger charge is 2.54. The van der Waals surface area contributed by atoms with Gasteiger partial charge in [-0.1, -0.05) is 116 Å². The van der Waals surface area contributed by atoms with Crippen LogP contribution >= 0.6 is 0 Å². The van der Waals surface area contributed by atoms with Crippen LogP contribution < -0.4 is 0 Å². The largest absolute Gasteiger partial charge is 0.416 e. The lowest BCUT2D eigenvalue weighted by molar-refractivity contribution is -0.144. The van der Waals surface area contributed by atoms with Gasteiger partial charge in [0.1, 0.15) is 0 Å². The van der Waals surface area contributed by atoms with Gasteiger partial charge in [-0.25, -0.2) is 0 Å². The van der Waals surface area contributed by atoms with Gasteiger partial charge in [0.2, 0.25) is 0 Å². The van der Waals surface area contributed by atoms with Gasteiger partial charge >= 0.3 is 24.7 Å². The predicted molar refractivity (Wildman–Crippen MR) is 210 cm³/mol. The van der Waals surface area contributed by atoms with E-state index in [9.17, 15) is 52.7 Å². The Morgan fingerprint density at radius 3 is 0.983 bits per heavy atom. The van der Waals surface area contributed by atoms with Crippen molar-refractivity contribution < 1.29 is 52.7 Å². The van der Waals surface area contributed by atoms with Crippen LogP contribution in [-0.2, 0) is 41.0 Å². The average Bonchev–Trinajstić information content (AvgIpc) is 3.64. The van der Waals surface area contributed by atoms with Crippen LogP contribution in [0.3, 0.4) is 0 Å². The first-order valence-corrected chi connectivity index (χ1v) is 19.4. The van der Waals surface area contributed by atoms with Crippen molar-refractivity contribution in [2.24, 2.45) is 5.41 Å². The molecule has 0 spiro atoms. The molecule has 0 aliphatic heterocycles. The summed E-state index contributed by atoms with van der Waals surface area (Å²) in [5, 5.41) is 0. The van der Waals surface area contributed by atoms with Crippen molar-refractivity contribution in [3.8, 4) is 11.1 Å². The van der Waals surface area contributed by atoms with E-state index in [2.05, 4.69) is 0 Å². The third kappa shape index (κ3) is 8.04. The summed E-state index contributed by atoms with van der Waals surface area (Å²) in [6.45, 7) is 18.6. The van der Waals surface area contributed by atoms with E-state index in [1.807, 2.05) is 74.4 Å². The fourth-order valence-electron chi connectivity index (χ4n) is 8.64. The summed E-state index contributed by atoms with van der Waals surface area (Å²) in [5.74, 6) is -1.44. The smallest absolute Gasteiger partial charge is 0.166 e. The van der Waals surface area contributed by atoms with Gasteiger partial charge in [0.15, 0.2) is 0 Å². The molecule has 0 saturated heterocycles. The lowest BCUT2D eigenvalue weighted by Gasteiger charge is -2.44. The highest BCUT2D eigenvalue weighted by Crippen LogP contribution is 2.63. The maximum atomic E-state index is 14.9. The van der Waals surface area contributed by atoms with Crippen molar-refractivity contribution in [3.63, 3.8) is 0 Å². The van der Waals surface area contributed by atoms with Gasteiger partial charge in [-0.3, -0.25) is 0 Å². The number of alkyl halides is 12. The summed E-state index contributed by atoms with van der Waals surface area (Å²) >= 11 is 0. The molecule has 4 aromatic rings. The second kappa shape index (κ2) is 14.0. The van der Waals surface area contributed by atoms with E-state index in [0.717, 1.165) is 11.1 Å². The normalized spacial score (nSPS) is 16.1. The third-order valence-electron chi connectivity index (χ3n) is 11.9. The van der Waals surface area contributed by atoms with Crippen LogP contribution in [0.4, 0.5) is 52.7 Å². The molecule has 0 N–H and O–H groups in total. The zero-order chi connectivity index (χ0) is 45.1. The van der Waals surface area contributed by atoms with Gasteiger partial charge in [0.25, 0.3) is 0 Å². The van der Waals surface area contributed by atoms with Crippen LogP contribution in [0.2, 0.25) is 0 Å². The molecule has 2 aliphatic carbocycles. The van der Waals surface area contributed by atoms with Crippen molar-refractivity contribution in [1.29, 1.82) is 0 Å². The summed E-state index contributed by atoms with van der Waals surface area (Å²) in [5.41, 5.74) is -8.52. The van der Waals surface area contributed by atoms with Gasteiger partial charge in [0, 0.05) is 5.92 Å². The van der Waals surface area contributed by atoms with E-state index in [-0.39, 0.29) is 24.1 Å². The zero-order valence-corrected chi connectivity index (χ0v) is 34.8. The Hall–Kier alpha value is -4.48. The van der Waals surface area contributed by atoms with Crippen molar-refractivity contribution in [2.45, 2.75) is 123 Å². The topological polar surface area (TPSA) is 0 Å². The van der Waals surface area contributed by atoms with Crippen molar-refractivity contribution in [2.75, 3.05) is 0 Å². The van der Waals surface area contributed by atoms with E-state index in [0.29, 0.717) is 57.7 Å². The Labute approximate surface area is 342 Å². The Balaban J connectivity index is 1.98. The summed E-state index contributed by atoms with van der Waals surface area (Å²) in [6.07, 6.45) is -20.0. The molecule has 0 atom stereocenters. The van der Waals surface area contributed by atoms with Gasteiger partial charge in [-0.2, -0.15) is 52.7 Å². The molecule has 0 amide bonds. The molecule has 0 aromatic heterocycles. The first-order chi connectivity index (χ1) is 27.1. The van der Waals surface area contributed by atoms with Crippen LogP contribution in [-0.4, -0.2) is 0 Å². The lowest BCUT2D eigenvalue weighted by Crippen LogP contribution is -2.38. The summed E-state index contributed by atoms with van der Waals surface area (Å²) in [6, 6.07) is 12.1. The predicted octanol–water partition coefficient (Wildman–Crippen LogP) is 16.1. The second-order valence-electron chi connectivity index (χ2n) is 19.2. The molecule has 60 heavy (non-hydrogen) atoms. The zero-order valence-electron chi connectivity index (χ0n) is 34.8. The number of rotatable bonds is 4. The molecule has 0 nitrogen and oxygen atoms in total. The van der Waals surface area contributed by atoms with Gasteiger partial charge in [0.05, 0.1) is 27.7 Å². The SMILES string of the molecule is CC1=C(C(c2cc(C(F)(F)F)cc(C(F)(F)F)c2)(c2cc(C(F)(F)F)cc(C(F)(F)F)c2)C2c3ccc(C(C)(C)C)cc3-c3cc(C(C)(C)C)ccc32)C=C(C(C)(C)C)C1. The summed E-state index contributed by atoms with van der Waals surface area (Å²) in [4.78, 5) is 0. The quantitative estimate of drug-likeness (QED) is 0.180. The van der Waals surface area contributed by atoms with Crippen LogP contribution in [0.5, 0.6) is 0 Å². The molecule has 0 unspecified atom stereocenters. The molecule has 6 rings (SSSR count). The van der Waals surface area contributed by atoms with Gasteiger partial charge in [-0.05, 0) is 116 Å². The first kappa shape index (κ1) is 45.1. The third-order valence-corrected chi connectivity index (χ3v) is 11.9. The number of allylic oxidation sites excluding steroid dienone is 4. The van der Waals surface area contributed by atoms with E-state index in [1.54, 1.807) is 37.3 Å². The highest BCUT2D eigenvalue weighted by molar-refractivity contribution is 5.84. The minimum absolute atomic E-state index is 0.0101. The fraction of sp³-hybridized carbons (Fsp3) is 0.417. The Bertz CT molecular complexity index is 2200. The fourth-order valence-corrected chi connectivity index (χ4v) is 8.64. The number of hydrogen-bond donors (Lipinski definition) is 0. The van der Waals surface area contributed by atoms with Crippen LogP contribution in [0.1, 0.15) is 137 Å². The molecule has 12 heteroatoms. The molecular weight excluding hydrogens is 805 g/mol. The van der Waals surface area contributed by atoms with Crippen molar-refractivity contribution in [1.82, 2.24) is 0 Å². The standard InChI is InChI=1S/C48H46F12/c1-25-15-28(43(8,9)10)24-39(25)44(29-16-31(45(49,50)51)20-32(17-29)46(52,53)54,30-18-33(47(55,56)57)21-34(19-30)48(58,59)60)40-35-13-11-26(41(2,3)4)22-37(35)38-23-27(42(5,6)7)12-14-36(38)40/h11-14,16-24,40H,15H2,1-10H3.